The minimum atomic E-state index is -3.53. The van der Waals surface area contributed by atoms with Crippen molar-refractivity contribution in [2.75, 3.05) is 12.8 Å². The minimum absolute atomic E-state index is 0.462. The van der Waals surface area contributed by atoms with Gasteiger partial charge in [0.1, 0.15) is 24.4 Å². The second kappa shape index (κ2) is 5.75. The fraction of sp³-hybridized carbons (Fsp3) is 1.00. The number of aliphatic hydroxyl groups excluding tert-OH is 5. The lowest BCUT2D eigenvalue weighted by molar-refractivity contribution is -0.296. The molecule has 10 heteroatoms. The normalized spacial score (nSPS) is 39.6. The summed E-state index contributed by atoms with van der Waals surface area (Å²) in [5.74, 6) is 0. The van der Waals surface area contributed by atoms with E-state index in [4.69, 9.17) is 4.74 Å². The summed E-state index contributed by atoms with van der Waals surface area (Å²) in [6, 6.07) is 0. The highest BCUT2D eigenvalue weighted by molar-refractivity contribution is 7.88. The van der Waals surface area contributed by atoms with E-state index in [-0.39, 0.29) is 0 Å². The van der Waals surface area contributed by atoms with E-state index in [9.17, 15) is 34.0 Å². The van der Waals surface area contributed by atoms with Crippen LogP contribution in [0.5, 0.6) is 0 Å². The van der Waals surface area contributed by atoms with Gasteiger partial charge in [0.05, 0.1) is 12.4 Å². The van der Waals surface area contributed by atoms with Gasteiger partial charge in [0.25, 0.3) is 0 Å². The van der Waals surface area contributed by atoms with Gasteiger partial charge in [-0.1, -0.05) is 0 Å². The third kappa shape index (κ3) is 3.83. The minimum Gasteiger partial charge on any atom is -0.389 e. The van der Waals surface area contributed by atoms with Gasteiger partial charge in [-0.05, 0) is 0 Å². The monoisotopic (exact) mass is 287 g/mol. The molecule has 0 aromatic heterocycles. The SMILES string of the molecule is CS(=O)(=O)NC[C@@H](O)[C@H]1OC(O)[C@@H](O)[C@@H](O)[C@@H]1O. The van der Waals surface area contributed by atoms with Crippen molar-refractivity contribution >= 4 is 10.0 Å². The van der Waals surface area contributed by atoms with Crippen molar-refractivity contribution in [3.8, 4) is 0 Å². The van der Waals surface area contributed by atoms with Gasteiger partial charge < -0.3 is 30.3 Å². The molecule has 18 heavy (non-hydrogen) atoms. The molecule has 1 rings (SSSR count). The van der Waals surface area contributed by atoms with E-state index in [1.807, 2.05) is 4.72 Å². The largest absolute Gasteiger partial charge is 0.389 e. The van der Waals surface area contributed by atoms with Crippen molar-refractivity contribution in [1.29, 1.82) is 0 Å². The van der Waals surface area contributed by atoms with Crippen LogP contribution in [-0.4, -0.2) is 83.6 Å². The molecule has 0 aromatic rings. The molecule has 0 saturated carbocycles. The molecule has 6 N–H and O–H groups in total. The molecule has 0 spiro atoms. The van der Waals surface area contributed by atoms with Gasteiger partial charge in [0.2, 0.25) is 10.0 Å². The van der Waals surface area contributed by atoms with Gasteiger partial charge in [-0.3, -0.25) is 0 Å². The maximum Gasteiger partial charge on any atom is 0.208 e. The first-order valence-corrected chi connectivity index (χ1v) is 7.03. The number of rotatable bonds is 4. The number of nitrogens with one attached hydrogen (secondary N) is 1. The Hall–Kier alpha value is -0.330. The molecule has 1 fully saturated rings. The predicted octanol–water partition coefficient (Wildman–Crippen LogP) is -4.30. The summed E-state index contributed by atoms with van der Waals surface area (Å²) in [5.41, 5.74) is 0. The molecule has 0 radical (unpaired) electrons. The quantitative estimate of drug-likeness (QED) is 0.303. The first kappa shape index (κ1) is 15.7. The van der Waals surface area contributed by atoms with Crippen molar-refractivity contribution in [1.82, 2.24) is 4.72 Å². The van der Waals surface area contributed by atoms with Crippen LogP contribution in [0.4, 0.5) is 0 Å². The van der Waals surface area contributed by atoms with Gasteiger partial charge >= 0.3 is 0 Å². The molecule has 0 aromatic carbocycles. The molecule has 6 atom stereocenters. The predicted molar refractivity (Wildman–Crippen MR) is 57.8 cm³/mol. The fourth-order valence-electron chi connectivity index (χ4n) is 1.56. The molecule has 1 aliphatic heterocycles. The highest BCUT2D eigenvalue weighted by Crippen LogP contribution is 2.21. The van der Waals surface area contributed by atoms with E-state index in [2.05, 4.69) is 0 Å². The van der Waals surface area contributed by atoms with Crippen LogP contribution in [0.15, 0.2) is 0 Å². The van der Waals surface area contributed by atoms with E-state index in [0.29, 0.717) is 0 Å². The molecule has 1 saturated heterocycles. The van der Waals surface area contributed by atoms with Crippen LogP contribution in [0.3, 0.4) is 0 Å². The second-order valence-corrected chi connectivity index (χ2v) is 5.98. The van der Waals surface area contributed by atoms with Crippen LogP contribution in [0, 0.1) is 0 Å². The third-order valence-electron chi connectivity index (χ3n) is 2.56. The Kier molecular flexibility index (Phi) is 5.03. The highest BCUT2D eigenvalue weighted by atomic mass is 32.2. The summed E-state index contributed by atoms with van der Waals surface area (Å²) >= 11 is 0. The van der Waals surface area contributed by atoms with Crippen molar-refractivity contribution in [3.63, 3.8) is 0 Å². The Bertz CT molecular complexity index is 373. The highest BCUT2D eigenvalue weighted by Gasteiger charge is 2.45. The molecular weight excluding hydrogens is 270 g/mol. The lowest BCUT2D eigenvalue weighted by Crippen LogP contribution is -2.61. The van der Waals surface area contributed by atoms with Crippen LogP contribution in [-0.2, 0) is 14.8 Å². The first-order valence-electron chi connectivity index (χ1n) is 5.14. The van der Waals surface area contributed by atoms with Crippen LogP contribution >= 0.6 is 0 Å². The lowest BCUT2D eigenvalue weighted by Gasteiger charge is -2.40. The molecule has 0 aliphatic carbocycles. The average Bonchev–Trinajstić information content (AvgIpc) is 2.27. The van der Waals surface area contributed by atoms with Gasteiger partial charge in [0, 0.05) is 6.54 Å². The Labute approximate surface area is 104 Å². The maximum atomic E-state index is 10.8. The Morgan fingerprint density at radius 3 is 2.22 bits per heavy atom. The summed E-state index contributed by atoms with van der Waals surface area (Å²) in [5, 5.41) is 46.9. The van der Waals surface area contributed by atoms with E-state index in [1.54, 1.807) is 0 Å². The van der Waals surface area contributed by atoms with Crippen LogP contribution in [0.2, 0.25) is 0 Å². The van der Waals surface area contributed by atoms with E-state index >= 15 is 0 Å². The summed E-state index contributed by atoms with van der Waals surface area (Å²) in [7, 11) is -3.53. The van der Waals surface area contributed by atoms with Crippen LogP contribution in [0.1, 0.15) is 0 Å². The first-order chi connectivity index (χ1) is 8.13. The fourth-order valence-corrected chi connectivity index (χ4v) is 2.03. The summed E-state index contributed by atoms with van der Waals surface area (Å²) < 4.78 is 28.3. The number of ether oxygens (including phenoxy) is 1. The Morgan fingerprint density at radius 1 is 1.17 bits per heavy atom. The Morgan fingerprint density at radius 2 is 1.72 bits per heavy atom. The number of sulfonamides is 1. The zero-order chi connectivity index (χ0) is 14.1. The maximum absolute atomic E-state index is 10.8. The van der Waals surface area contributed by atoms with Crippen molar-refractivity contribution in [2.24, 2.45) is 0 Å². The van der Waals surface area contributed by atoms with Crippen molar-refractivity contribution in [3.05, 3.63) is 0 Å². The molecule has 9 nitrogen and oxygen atoms in total. The zero-order valence-electron chi connectivity index (χ0n) is 9.54. The third-order valence-corrected chi connectivity index (χ3v) is 3.25. The van der Waals surface area contributed by atoms with Gasteiger partial charge in [-0.15, -0.1) is 0 Å². The van der Waals surface area contributed by atoms with E-state index < -0.39 is 53.4 Å². The lowest BCUT2D eigenvalue weighted by atomic mass is 9.95. The zero-order valence-corrected chi connectivity index (χ0v) is 10.4. The van der Waals surface area contributed by atoms with Gasteiger partial charge in [-0.2, -0.15) is 0 Å². The molecule has 1 aliphatic rings. The molecule has 0 bridgehead atoms. The molecule has 1 heterocycles. The summed E-state index contributed by atoms with van der Waals surface area (Å²) in [4.78, 5) is 0. The topological polar surface area (TPSA) is 157 Å². The molecular formula is C8H17NO8S. The van der Waals surface area contributed by atoms with Crippen LogP contribution in [0.25, 0.3) is 0 Å². The summed E-state index contributed by atoms with van der Waals surface area (Å²) in [6.45, 7) is -0.462. The molecule has 1 unspecified atom stereocenters. The number of hydrogen-bond acceptors (Lipinski definition) is 8. The van der Waals surface area contributed by atoms with Gasteiger partial charge in [-0.25, -0.2) is 13.1 Å². The number of hydrogen-bond donors (Lipinski definition) is 6. The summed E-state index contributed by atoms with van der Waals surface area (Å²) in [6.07, 6.45) is -8.87. The standard InChI is InChI=1S/C8H17NO8S/c1-18(15,16)9-2-3(10)7-5(12)4(11)6(13)8(14)17-7/h3-14H,2H2,1H3/t3-,4+,5+,6+,7-,8?/m1/s1. The second-order valence-electron chi connectivity index (χ2n) is 4.15. The molecule has 108 valence electrons. The van der Waals surface area contributed by atoms with Crippen molar-refractivity contribution in [2.45, 2.75) is 36.8 Å². The van der Waals surface area contributed by atoms with Crippen molar-refractivity contribution < 1.29 is 38.7 Å². The average molecular weight is 287 g/mol. The van der Waals surface area contributed by atoms with Gasteiger partial charge in [0.15, 0.2) is 6.29 Å². The smallest absolute Gasteiger partial charge is 0.208 e. The van der Waals surface area contributed by atoms with E-state index in [0.717, 1.165) is 6.26 Å². The van der Waals surface area contributed by atoms with Crippen LogP contribution < -0.4 is 4.72 Å². The van der Waals surface area contributed by atoms with E-state index in [1.165, 1.54) is 0 Å². The Balaban J connectivity index is 2.65. The molecule has 0 amide bonds. The number of aliphatic hydroxyl groups is 5.